The van der Waals surface area contributed by atoms with Gasteiger partial charge in [-0.25, -0.2) is 4.79 Å². The van der Waals surface area contributed by atoms with Gasteiger partial charge in [0.15, 0.2) is 0 Å². The van der Waals surface area contributed by atoms with E-state index < -0.39 is 6.04 Å². The minimum atomic E-state index is -0.565. The molecule has 1 aromatic carbocycles. The Balaban J connectivity index is 1.99. The van der Waals surface area contributed by atoms with Gasteiger partial charge in [0.2, 0.25) is 12.3 Å². The van der Waals surface area contributed by atoms with Gasteiger partial charge in [-0.1, -0.05) is 37.3 Å². The Morgan fingerprint density at radius 2 is 2.04 bits per heavy atom. The maximum atomic E-state index is 12.4. The molecule has 1 aliphatic rings. The molecule has 2 unspecified atom stereocenters. The molecule has 0 aromatic heterocycles. The summed E-state index contributed by atoms with van der Waals surface area (Å²) in [6, 6.07) is 8.88. The molecule has 0 saturated carbocycles. The van der Waals surface area contributed by atoms with E-state index in [9.17, 15) is 14.4 Å². The lowest BCUT2D eigenvalue weighted by Crippen LogP contribution is -2.48. The quantitative estimate of drug-likeness (QED) is 0.606. The molecular weight excluding hydrogens is 296 g/mol. The summed E-state index contributed by atoms with van der Waals surface area (Å²) >= 11 is 0. The Morgan fingerprint density at radius 3 is 2.70 bits per heavy atom. The molecule has 0 radical (unpaired) electrons. The van der Waals surface area contributed by atoms with Crippen molar-refractivity contribution in [3.8, 4) is 0 Å². The maximum Gasteiger partial charge on any atom is 0.329 e. The molecular formula is C17H22N2O4. The van der Waals surface area contributed by atoms with Crippen molar-refractivity contribution in [3.63, 3.8) is 0 Å². The van der Waals surface area contributed by atoms with Gasteiger partial charge in [0.25, 0.3) is 0 Å². The lowest BCUT2D eigenvalue weighted by molar-refractivity contribution is -0.155. The first kappa shape index (κ1) is 17.0. The van der Waals surface area contributed by atoms with Crippen LogP contribution in [0.2, 0.25) is 0 Å². The zero-order valence-corrected chi connectivity index (χ0v) is 13.2. The molecule has 6 nitrogen and oxygen atoms in total. The Morgan fingerprint density at radius 1 is 1.30 bits per heavy atom. The number of likely N-dealkylation sites (tertiary alicyclic amines) is 1. The molecule has 23 heavy (non-hydrogen) atoms. The fraction of sp³-hybridized carbons (Fsp3) is 0.471. The Kier molecular flexibility index (Phi) is 6.14. The van der Waals surface area contributed by atoms with E-state index in [0.29, 0.717) is 12.8 Å². The van der Waals surface area contributed by atoms with Gasteiger partial charge in [0.1, 0.15) is 12.6 Å². The summed E-state index contributed by atoms with van der Waals surface area (Å²) < 4.78 is 5.37. The topological polar surface area (TPSA) is 75.7 Å². The van der Waals surface area contributed by atoms with Gasteiger partial charge in [0.05, 0.1) is 6.54 Å². The average Bonchev–Trinajstić information content (AvgIpc) is 3.02. The first-order valence-electron chi connectivity index (χ1n) is 7.86. The standard InChI is InChI=1S/C17H22N2O4/c1-2-14-8-9-15(19(14)16(21)10-18-12-20)17(22)23-11-13-6-4-3-5-7-13/h3-7,12,14-15H,2,8-11H2,1H3,(H,18,20). The molecule has 0 aliphatic carbocycles. The van der Waals surface area contributed by atoms with E-state index in [4.69, 9.17) is 4.74 Å². The Labute approximate surface area is 135 Å². The lowest BCUT2D eigenvalue weighted by atomic mass is 10.1. The SMILES string of the molecule is CCC1CCC(C(=O)OCc2ccccc2)N1C(=O)CNC=O. The number of nitrogens with one attached hydrogen (secondary N) is 1. The van der Waals surface area contributed by atoms with E-state index in [1.54, 1.807) is 4.90 Å². The fourth-order valence-corrected chi connectivity index (χ4v) is 2.94. The molecule has 1 aromatic rings. The van der Waals surface area contributed by atoms with Crippen LogP contribution in [0.1, 0.15) is 31.7 Å². The van der Waals surface area contributed by atoms with Crippen LogP contribution in [0, 0.1) is 0 Å². The van der Waals surface area contributed by atoms with Crippen LogP contribution in [0.15, 0.2) is 30.3 Å². The number of rotatable bonds is 7. The number of ether oxygens (including phenoxy) is 1. The molecule has 1 saturated heterocycles. The Hall–Kier alpha value is -2.37. The van der Waals surface area contributed by atoms with Crippen molar-refractivity contribution in [1.82, 2.24) is 10.2 Å². The molecule has 1 heterocycles. The summed E-state index contributed by atoms with van der Waals surface area (Å²) in [5, 5.41) is 2.36. The van der Waals surface area contributed by atoms with Crippen LogP contribution in [-0.2, 0) is 25.7 Å². The van der Waals surface area contributed by atoms with E-state index in [-0.39, 0.29) is 31.1 Å². The summed E-state index contributed by atoms with van der Waals surface area (Å²) in [5.74, 6) is -0.632. The van der Waals surface area contributed by atoms with Crippen molar-refractivity contribution < 1.29 is 19.1 Å². The van der Waals surface area contributed by atoms with Crippen molar-refractivity contribution in [2.75, 3.05) is 6.54 Å². The van der Waals surface area contributed by atoms with Crippen LogP contribution in [0.5, 0.6) is 0 Å². The smallest absolute Gasteiger partial charge is 0.329 e. The first-order valence-corrected chi connectivity index (χ1v) is 7.86. The van der Waals surface area contributed by atoms with Crippen molar-refractivity contribution in [2.24, 2.45) is 0 Å². The summed E-state index contributed by atoms with van der Waals surface area (Å²) in [6.45, 7) is 2.08. The highest BCUT2D eigenvalue weighted by Gasteiger charge is 2.40. The molecule has 0 spiro atoms. The van der Waals surface area contributed by atoms with Crippen LogP contribution in [0.4, 0.5) is 0 Å². The van der Waals surface area contributed by atoms with Gasteiger partial charge in [0, 0.05) is 6.04 Å². The van der Waals surface area contributed by atoms with Crippen molar-refractivity contribution in [2.45, 2.75) is 44.9 Å². The van der Waals surface area contributed by atoms with E-state index in [1.807, 2.05) is 37.3 Å². The molecule has 2 amide bonds. The number of hydrogen-bond acceptors (Lipinski definition) is 4. The van der Waals surface area contributed by atoms with Crippen LogP contribution in [-0.4, -0.2) is 41.8 Å². The fourth-order valence-electron chi connectivity index (χ4n) is 2.94. The predicted octanol–water partition coefficient (Wildman–Crippen LogP) is 1.25. The second-order valence-corrected chi connectivity index (χ2v) is 5.55. The van der Waals surface area contributed by atoms with Gasteiger partial charge in [-0.3, -0.25) is 9.59 Å². The molecule has 6 heteroatoms. The monoisotopic (exact) mass is 318 g/mol. The van der Waals surface area contributed by atoms with Crippen LogP contribution in [0.25, 0.3) is 0 Å². The molecule has 2 rings (SSSR count). The molecule has 2 atom stereocenters. The Bertz CT molecular complexity index is 547. The van der Waals surface area contributed by atoms with Gasteiger partial charge < -0.3 is 15.0 Å². The van der Waals surface area contributed by atoms with Crippen molar-refractivity contribution in [3.05, 3.63) is 35.9 Å². The normalized spacial score (nSPS) is 20.1. The van der Waals surface area contributed by atoms with Gasteiger partial charge in [-0.05, 0) is 24.8 Å². The number of benzene rings is 1. The van der Waals surface area contributed by atoms with Gasteiger partial charge >= 0.3 is 5.97 Å². The first-order chi connectivity index (χ1) is 11.2. The van der Waals surface area contributed by atoms with E-state index in [0.717, 1.165) is 18.4 Å². The summed E-state index contributed by atoms with van der Waals surface area (Å²) in [5.41, 5.74) is 0.909. The molecule has 0 bridgehead atoms. The summed E-state index contributed by atoms with van der Waals surface area (Å²) in [6.07, 6.45) is 2.63. The second kappa shape index (κ2) is 8.31. The number of nitrogens with zero attached hydrogens (tertiary/aromatic N) is 1. The third-order valence-electron chi connectivity index (χ3n) is 4.09. The highest BCUT2D eigenvalue weighted by molar-refractivity contribution is 5.87. The van der Waals surface area contributed by atoms with Crippen LogP contribution < -0.4 is 5.32 Å². The third-order valence-corrected chi connectivity index (χ3v) is 4.09. The highest BCUT2D eigenvalue weighted by atomic mass is 16.5. The number of esters is 1. The van der Waals surface area contributed by atoms with Crippen LogP contribution in [0.3, 0.4) is 0 Å². The number of carbonyl (C=O) groups excluding carboxylic acids is 3. The van der Waals surface area contributed by atoms with E-state index in [1.165, 1.54) is 0 Å². The largest absolute Gasteiger partial charge is 0.459 e. The predicted molar refractivity (Wildman–Crippen MR) is 84.3 cm³/mol. The van der Waals surface area contributed by atoms with E-state index in [2.05, 4.69) is 5.32 Å². The summed E-state index contributed by atoms with van der Waals surface area (Å²) in [4.78, 5) is 36.6. The van der Waals surface area contributed by atoms with Crippen LogP contribution >= 0.6 is 0 Å². The molecule has 1 aliphatic heterocycles. The second-order valence-electron chi connectivity index (χ2n) is 5.55. The lowest BCUT2D eigenvalue weighted by Gasteiger charge is -2.28. The average molecular weight is 318 g/mol. The zero-order chi connectivity index (χ0) is 16.7. The van der Waals surface area contributed by atoms with Crippen molar-refractivity contribution >= 4 is 18.3 Å². The minimum Gasteiger partial charge on any atom is -0.459 e. The number of carbonyl (C=O) groups is 3. The van der Waals surface area contributed by atoms with Gasteiger partial charge in [-0.2, -0.15) is 0 Å². The number of amides is 2. The zero-order valence-electron chi connectivity index (χ0n) is 13.2. The van der Waals surface area contributed by atoms with Gasteiger partial charge in [-0.15, -0.1) is 0 Å². The molecule has 1 N–H and O–H groups in total. The van der Waals surface area contributed by atoms with Crippen molar-refractivity contribution in [1.29, 1.82) is 0 Å². The summed E-state index contributed by atoms with van der Waals surface area (Å²) in [7, 11) is 0. The molecule has 124 valence electrons. The highest BCUT2D eigenvalue weighted by Crippen LogP contribution is 2.27. The number of hydrogen-bond donors (Lipinski definition) is 1. The van der Waals surface area contributed by atoms with E-state index >= 15 is 0 Å². The molecule has 1 fully saturated rings. The minimum absolute atomic E-state index is 0.0187. The maximum absolute atomic E-state index is 12.4. The third kappa shape index (κ3) is 4.31.